The highest BCUT2D eigenvalue weighted by atomic mass is 79.9. The molecule has 4 atom stereocenters. The number of ether oxygens (including phenoxy) is 2. The minimum atomic E-state index is -0.807. The van der Waals surface area contributed by atoms with Gasteiger partial charge in [-0.2, -0.15) is 0 Å². The second-order valence-corrected chi connectivity index (χ2v) is 11.8. The first kappa shape index (κ1) is 28.0. The molecule has 12 heteroatoms. The third kappa shape index (κ3) is 6.52. The number of aromatic nitrogens is 1. The molecule has 2 fully saturated rings. The Morgan fingerprint density at radius 2 is 1.97 bits per heavy atom. The van der Waals surface area contributed by atoms with Crippen molar-refractivity contribution in [2.45, 2.75) is 77.3 Å². The van der Waals surface area contributed by atoms with Crippen LogP contribution >= 0.6 is 15.9 Å². The van der Waals surface area contributed by atoms with Crippen LogP contribution in [0.1, 0.15) is 52.5 Å². The molecule has 1 aromatic rings. The molecular formula is C26H34BrN5O6. The molecule has 3 aliphatic rings. The Bertz CT molecular complexity index is 1150. The number of likely N-dealkylation sites (tertiary alicyclic amines) is 1. The number of nitrogens with zero attached hydrogens (tertiary/aromatic N) is 2. The van der Waals surface area contributed by atoms with Gasteiger partial charge in [0.05, 0.1) is 13.2 Å². The van der Waals surface area contributed by atoms with E-state index >= 15 is 0 Å². The maximum Gasteiger partial charge on any atom is 0.411 e. The molecule has 1 spiro atoms. The number of piperidine rings is 1. The maximum absolute atomic E-state index is 13.6. The Labute approximate surface area is 230 Å². The highest BCUT2D eigenvalue weighted by Gasteiger charge is 2.68. The Morgan fingerprint density at radius 1 is 1.21 bits per heavy atom. The average molecular weight is 592 g/mol. The van der Waals surface area contributed by atoms with E-state index in [-0.39, 0.29) is 43.5 Å². The Hall–Kier alpha value is -2.99. The average Bonchev–Trinajstić information content (AvgIpc) is 3.41. The molecule has 1 unspecified atom stereocenters. The number of hydrogen-bond donors (Lipinski definition) is 3. The Balaban J connectivity index is 1.64. The number of anilines is 1. The number of carbonyl (C=O) groups is 4. The lowest BCUT2D eigenvalue weighted by molar-refractivity contribution is -0.128. The molecule has 1 saturated carbocycles. The topological polar surface area (TPSA) is 139 Å². The van der Waals surface area contributed by atoms with Crippen LogP contribution in [0.3, 0.4) is 0 Å². The second kappa shape index (κ2) is 11.0. The van der Waals surface area contributed by atoms with E-state index in [0.717, 1.165) is 0 Å². The van der Waals surface area contributed by atoms with Crippen LogP contribution in [0.15, 0.2) is 28.9 Å². The lowest BCUT2D eigenvalue weighted by atomic mass is 9.98. The summed E-state index contributed by atoms with van der Waals surface area (Å²) in [4.78, 5) is 57.4. The van der Waals surface area contributed by atoms with Crippen molar-refractivity contribution in [3.63, 3.8) is 0 Å². The summed E-state index contributed by atoms with van der Waals surface area (Å²) >= 11 is 3.35. The van der Waals surface area contributed by atoms with E-state index in [2.05, 4.69) is 36.9 Å². The van der Waals surface area contributed by atoms with Gasteiger partial charge in [-0.05, 0) is 62.0 Å². The molecule has 2 aliphatic heterocycles. The third-order valence-electron chi connectivity index (χ3n) is 6.83. The molecule has 2 bridgehead atoms. The van der Waals surface area contributed by atoms with Crippen molar-refractivity contribution in [3.05, 3.63) is 34.5 Å². The van der Waals surface area contributed by atoms with Gasteiger partial charge in [0.2, 0.25) is 17.7 Å². The van der Waals surface area contributed by atoms with Crippen LogP contribution in [0, 0.1) is 5.41 Å². The van der Waals surface area contributed by atoms with Gasteiger partial charge in [0, 0.05) is 30.5 Å². The summed E-state index contributed by atoms with van der Waals surface area (Å²) in [5.41, 5.74) is -0.528. The van der Waals surface area contributed by atoms with Crippen LogP contribution < -0.4 is 16.0 Å². The van der Waals surface area contributed by atoms with Crippen LogP contribution in [-0.4, -0.2) is 70.6 Å². The Morgan fingerprint density at radius 3 is 2.68 bits per heavy atom. The van der Waals surface area contributed by atoms with Gasteiger partial charge in [0.1, 0.15) is 28.1 Å². The summed E-state index contributed by atoms with van der Waals surface area (Å²) in [5, 5.41) is 8.51. The number of amides is 4. The first-order valence-electron chi connectivity index (χ1n) is 12.6. The third-order valence-corrected chi connectivity index (χ3v) is 7.27. The van der Waals surface area contributed by atoms with Crippen molar-refractivity contribution >= 4 is 45.6 Å². The molecular weight excluding hydrogens is 558 g/mol. The normalized spacial score (nSPS) is 28.7. The van der Waals surface area contributed by atoms with E-state index in [1.54, 1.807) is 45.1 Å². The van der Waals surface area contributed by atoms with Gasteiger partial charge in [-0.15, -0.1) is 0 Å². The number of halogens is 1. The minimum Gasteiger partial charge on any atom is -0.444 e. The fourth-order valence-electron chi connectivity index (χ4n) is 4.98. The fraction of sp³-hybridized carbons (Fsp3) is 0.577. The first-order chi connectivity index (χ1) is 17.9. The van der Waals surface area contributed by atoms with Crippen molar-refractivity contribution in [2.75, 3.05) is 18.5 Å². The first-order valence-corrected chi connectivity index (χ1v) is 13.4. The molecule has 1 saturated heterocycles. The molecule has 3 heterocycles. The quantitative estimate of drug-likeness (QED) is 0.337. The lowest BCUT2D eigenvalue weighted by Crippen LogP contribution is -2.47. The van der Waals surface area contributed by atoms with E-state index in [0.29, 0.717) is 35.2 Å². The van der Waals surface area contributed by atoms with Gasteiger partial charge in [-0.25, -0.2) is 9.78 Å². The van der Waals surface area contributed by atoms with Crippen LogP contribution in [0.25, 0.3) is 0 Å². The van der Waals surface area contributed by atoms with Crippen LogP contribution in [0.2, 0.25) is 0 Å². The van der Waals surface area contributed by atoms with Crippen LogP contribution in [-0.2, 0) is 30.5 Å². The summed E-state index contributed by atoms with van der Waals surface area (Å²) in [5.74, 6) is -0.684. The van der Waals surface area contributed by atoms with Crippen LogP contribution in [0.5, 0.6) is 0 Å². The summed E-state index contributed by atoms with van der Waals surface area (Å²) < 4.78 is 11.9. The zero-order valence-corrected chi connectivity index (χ0v) is 23.6. The smallest absolute Gasteiger partial charge is 0.411 e. The number of carbonyl (C=O) groups excluding carboxylic acids is 4. The number of hydrogen-bond acceptors (Lipinski definition) is 7. The minimum absolute atomic E-state index is 0.183. The van der Waals surface area contributed by atoms with Gasteiger partial charge in [0.15, 0.2) is 0 Å². The summed E-state index contributed by atoms with van der Waals surface area (Å²) in [6.07, 6.45) is 4.27. The molecule has 0 aromatic carbocycles. The van der Waals surface area contributed by atoms with Crippen molar-refractivity contribution in [1.82, 2.24) is 20.5 Å². The van der Waals surface area contributed by atoms with Gasteiger partial charge >= 0.3 is 6.09 Å². The van der Waals surface area contributed by atoms with Gasteiger partial charge in [0.25, 0.3) is 0 Å². The SMILES string of the molecule is CC(=O)N[C@H]1C/C=C/COCc2ccc(Br)nc2NC(=O)[C@@H]2C[C@@]3(CNC1=O)CC3N2C(=O)OC(C)(C)C. The summed E-state index contributed by atoms with van der Waals surface area (Å²) in [6.45, 7) is 7.39. The van der Waals surface area contributed by atoms with E-state index in [1.165, 1.54) is 11.8 Å². The largest absolute Gasteiger partial charge is 0.444 e. The zero-order valence-electron chi connectivity index (χ0n) is 22.0. The monoisotopic (exact) mass is 591 g/mol. The van der Waals surface area contributed by atoms with Crippen molar-refractivity contribution in [1.29, 1.82) is 0 Å². The molecule has 4 rings (SSSR count). The van der Waals surface area contributed by atoms with Crippen molar-refractivity contribution < 1.29 is 28.7 Å². The lowest BCUT2D eigenvalue weighted by Gasteiger charge is -2.29. The van der Waals surface area contributed by atoms with Gasteiger partial charge < -0.3 is 25.4 Å². The van der Waals surface area contributed by atoms with E-state index in [9.17, 15) is 19.2 Å². The molecule has 0 radical (unpaired) electrons. The highest BCUT2D eigenvalue weighted by Crippen LogP contribution is 2.59. The Kier molecular flexibility index (Phi) is 8.12. The fourth-order valence-corrected chi connectivity index (χ4v) is 5.29. The van der Waals surface area contributed by atoms with E-state index in [4.69, 9.17) is 9.47 Å². The van der Waals surface area contributed by atoms with E-state index in [1.807, 2.05) is 0 Å². The molecule has 3 N–H and O–H groups in total. The number of pyridine rings is 1. The summed E-state index contributed by atoms with van der Waals surface area (Å²) in [6, 6.07) is 1.74. The molecule has 38 heavy (non-hydrogen) atoms. The predicted octanol–water partition coefficient (Wildman–Crippen LogP) is 2.65. The molecule has 1 aromatic heterocycles. The number of rotatable bonds is 1. The number of fused-ring (bicyclic) bond motifs is 2. The van der Waals surface area contributed by atoms with Crippen LogP contribution in [0.4, 0.5) is 10.6 Å². The predicted molar refractivity (Wildman–Crippen MR) is 142 cm³/mol. The summed E-state index contributed by atoms with van der Waals surface area (Å²) in [7, 11) is 0. The molecule has 4 amide bonds. The molecule has 1 aliphatic carbocycles. The second-order valence-electron chi connectivity index (χ2n) is 11.0. The van der Waals surface area contributed by atoms with E-state index < -0.39 is 29.2 Å². The highest BCUT2D eigenvalue weighted by molar-refractivity contribution is 9.10. The van der Waals surface area contributed by atoms with Crippen molar-refractivity contribution in [2.24, 2.45) is 5.41 Å². The molecule has 11 nitrogen and oxygen atoms in total. The number of nitrogens with one attached hydrogen (secondary N) is 3. The van der Waals surface area contributed by atoms with Gasteiger partial charge in [-0.3, -0.25) is 19.3 Å². The maximum atomic E-state index is 13.6. The van der Waals surface area contributed by atoms with Crippen molar-refractivity contribution in [3.8, 4) is 0 Å². The molecule has 206 valence electrons. The van der Waals surface area contributed by atoms with Gasteiger partial charge in [-0.1, -0.05) is 18.2 Å². The standard InChI is InChI=1S/C26H34BrN5O6/c1-15(33)29-17-7-5-6-10-37-13-16-8-9-20(27)30-21(16)31-23(35)18-11-26(14-28-22(17)34)12-19(26)32(18)24(36)38-25(2,3)4/h5-6,8-9,17-19H,7,10-14H2,1-4H3,(H,28,34)(H,29,33)(H,30,31,35)/b6-5+/t17-,18-,19?,26-/m0/s1. The zero-order chi connectivity index (χ0) is 27.7.